The quantitative estimate of drug-likeness (QED) is 0.610. The average molecular weight is 461 g/mol. The Kier molecular flexibility index (Phi) is 6.91. The first-order valence-corrected chi connectivity index (χ1v) is 12.3. The highest BCUT2D eigenvalue weighted by Gasteiger charge is 2.53. The molecule has 0 spiro atoms. The third kappa shape index (κ3) is 4.77. The Balaban J connectivity index is 1.21. The highest BCUT2D eigenvalue weighted by Crippen LogP contribution is 2.33. The van der Waals surface area contributed by atoms with Gasteiger partial charge in [-0.15, -0.1) is 0 Å². The van der Waals surface area contributed by atoms with Gasteiger partial charge in [-0.25, -0.2) is 4.79 Å². The Morgan fingerprint density at radius 3 is 2.61 bits per heavy atom. The number of urea groups is 1. The van der Waals surface area contributed by atoms with E-state index in [1.165, 1.54) is 6.42 Å². The fraction of sp³-hybridized carbons (Fsp3) is 0.708. The number of aliphatic hydroxyl groups is 1. The number of nitrogens with zero attached hydrogens (tertiary/aromatic N) is 2. The van der Waals surface area contributed by atoms with Crippen LogP contribution in [-0.2, 0) is 9.47 Å². The normalized spacial score (nSPS) is 33.0. The molecular weight excluding hydrogens is 424 g/mol. The molecule has 1 aromatic rings. The Morgan fingerprint density at radius 1 is 1.09 bits per heavy atom. The number of methoxy groups -OCH3 is 1. The van der Waals surface area contributed by atoms with Gasteiger partial charge in [-0.3, -0.25) is 4.90 Å². The van der Waals surface area contributed by atoms with Crippen molar-refractivity contribution in [1.29, 1.82) is 0 Å². The summed E-state index contributed by atoms with van der Waals surface area (Å²) in [5, 5.41) is 17.4. The van der Waals surface area contributed by atoms with Gasteiger partial charge in [0.25, 0.3) is 0 Å². The molecule has 2 bridgehead atoms. The van der Waals surface area contributed by atoms with Crippen LogP contribution in [0.4, 0.5) is 10.5 Å². The maximum Gasteiger partial charge on any atom is 0.315 e. The lowest BCUT2D eigenvalue weighted by atomic mass is 9.94. The fourth-order valence-corrected chi connectivity index (χ4v) is 5.75. The van der Waals surface area contributed by atoms with Gasteiger partial charge in [-0.2, -0.15) is 0 Å². The van der Waals surface area contributed by atoms with Gasteiger partial charge in [-0.1, -0.05) is 31.4 Å². The predicted molar refractivity (Wildman–Crippen MR) is 124 cm³/mol. The number of benzene rings is 1. The largest absolute Gasteiger partial charge is 0.495 e. The minimum Gasteiger partial charge on any atom is -0.495 e. The average Bonchev–Trinajstić information content (AvgIpc) is 3.28. The molecule has 2 amide bonds. The number of anilines is 1. The van der Waals surface area contributed by atoms with Crippen LogP contribution in [-0.4, -0.2) is 92.6 Å². The van der Waals surface area contributed by atoms with E-state index in [0.29, 0.717) is 6.61 Å². The smallest absolute Gasteiger partial charge is 0.315 e. The number of hydrogen-bond acceptors (Lipinski definition) is 7. The topological polar surface area (TPSA) is 95.5 Å². The molecule has 1 saturated carbocycles. The van der Waals surface area contributed by atoms with Gasteiger partial charge in [0.2, 0.25) is 0 Å². The highest BCUT2D eigenvalue weighted by atomic mass is 16.7. The summed E-state index contributed by atoms with van der Waals surface area (Å²) in [7, 11) is 1.69. The van der Waals surface area contributed by atoms with Crippen LogP contribution in [0.5, 0.6) is 5.75 Å². The third-order valence-electron chi connectivity index (χ3n) is 7.53. The molecule has 9 nitrogen and oxygen atoms in total. The van der Waals surface area contributed by atoms with Crippen molar-refractivity contribution in [1.82, 2.24) is 15.5 Å². The number of fused-ring (bicyclic) bond motifs is 2. The van der Waals surface area contributed by atoms with E-state index in [9.17, 15) is 9.90 Å². The summed E-state index contributed by atoms with van der Waals surface area (Å²) < 4.78 is 17.5. The third-order valence-corrected chi connectivity index (χ3v) is 7.53. The number of carbonyl (C=O) groups excluding carboxylic acids is 1. The lowest BCUT2D eigenvalue weighted by Gasteiger charge is -2.47. The molecule has 5 rings (SSSR count). The van der Waals surface area contributed by atoms with Gasteiger partial charge in [-0.05, 0) is 25.0 Å². The molecule has 5 atom stereocenters. The van der Waals surface area contributed by atoms with Crippen molar-refractivity contribution in [3.63, 3.8) is 0 Å². The van der Waals surface area contributed by atoms with Crippen molar-refractivity contribution in [2.24, 2.45) is 0 Å². The lowest BCUT2D eigenvalue weighted by Crippen LogP contribution is -2.68. The van der Waals surface area contributed by atoms with Gasteiger partial charge in [0.05, 0.1) is 37.6 Å². The van der Waals surface area contributed by atoms with E-state index in [2.05, 4.69) is 26.5 Å². The first-order chi connectivity index (χ1) is 16.1. The minimum absolute atomic E-state index is 0.215. The van der Waals surface area contributed by atoms with Crippen molar-refractivity contribution in [2.45, 2.75) is 68.7 Å². The summed E-state index contributed by atoms with van der Waals surface area (Å²) in [4.78, 5) is 17.2. The molecule has 0 radical (unpaired) electrons. The molecule has 0 aromatic heterocycles. The van der Waals surface area contributed by atoms with Crippen molar-refractivity contribution >= 4 is 11.7 Å². The summed E-state index contributed by atoms with van der Waals surface area (Å²) in [5.41, 5.74) is 1.08. The molecule has 4 aliphatic rings. The number of rotatable bonds is 5. The molecule has 182 valence electrons. The molecule has 3 heterocycles. The zero-order valence-corrected chi connectivity index (χ0v) is 19.3. The van der Waals surface area contributed by atoms with Crippen LogP contribution < -0.4 is 20.3 Å². The van der Waals surface area contributed by atoms with E-state index in [4.69, 9.17) is 14.2 Å². The van der Waals surface area contributed by atoms with Crippen LogP contribution in [0, 0.1) is 0 Å². The zero-order chi connectivity index (χ0) is 22.8. The number of para-hydroxylation sites is 2. The first kappa shape index (κ1) is 22.7. The zero-order valence-electron chi connectivity index (χ0n) is 19.3. The molecule has 3 saturated heterocycles. The summed E-state index contributed by atoms with van der Waals surface area (Å²) in [5.74, 6) is 0.863. The Hall–Kier alpha value is -2.07. The Bertz CT molecular complexity index is 812. The molecule has 4 fully saturated rings. The summed E-state index contributed by atoms with van der Waals surface area (Å²) in [6.45, 7) is 3.51. The van der Waals surface area contributed by atoms with E-state index in [0.717, 1.165) is 63.3 Å². The van der Waals surface area contributed by atoms with Crippen molar-refractivity contribution in [2.75, 3.05) is 44.8 Å². The number of hydrogen-bond donors (Lipinski definition) is 3. The number of amides is 2. The van der Waals surface area contributed by atoms with Crippen LogP contribution in [0.3, 0.4) is 0 Å². The molecule has 33 heavy (non-hydrogen) atoms. The van der Waals surface area contributed by atoms with E-state index in [1.807, 2.05) is 18.2 Å². The Labute approximate surface area is 195 Å². The Morgan fingerprint density at radius 2 is 1.85 bits per heavy atom. The van der Waals surface area contributed by atoms with Crippen molar-refractivity contribution in [3.8, 4) is 5.75 Å². The molecular formula is C24H36N4O5. The molecule has 9 heteroatoms. The second-order valence-corrected chi connectivity index (χ2v) is 9.53. The number of nitrogens with one attached hydrogen (secondary N) is 2. The van der Waals surface area contributed by atoms with Gasteiger partial charge >= 0.3 is 6.03 Å². The molecule has 1 aromatic carbocycles. The lowest BCUT2D eigenvalue weighted by molar-refractivity contribution is -0.181. The predicted octanol–water partition coefficient (Wildman–Crippen LogP) is 1.30. The molecule has 3 aliphatic heterocycles. The molecule has 1 aliphatic carbocycles. The second-order valence-electron chi connectivity index (χ2n) is 9.53. The van der Waals surface area contributed by atoms with Crippen molar-refractivity contribution in [3.05, 3.63) is 24.3 Å². The van der Waals surface area contributed by atoms with Gasteiger partial charge in [0.1, 0.15) is 11.9 Å². The fourth-order valence-electron chi connectivity index (χ4n) is 5.75. The van der Waals surface area contributed by atoms with Gasteiger partial charge in [0, 0.05) is 32.2 Å². The summed E-state index contributed by atoms with van der Waals surface area (Å²) in [6, 6.07) is 7.22. The summed E-state index contributed by atoms with van der Waals surface area (Å²) >= 11 is 0. The van der Waals surface area contributed by atoms with Gasteiger partial charge < -0.3 is 34.9 Å². The van der Waals surface area contributed by atoms with Crippen LogP contribution in [0.15, 0.2) is 24.3 Å². The molecule has 3 N–H and O–H groups in total. The number of aliphatic hydroxyl groups excluding tert-OH is 1. The maximum absolute atomic E-state index is 12.7. The maximum atomic E-state index is 12.7. The number of carbonyl (C=O) groups is 1. The minimum atomic E-state index is -0.758. The summed E-state index contributed by atoms with van der Waals surface area (Å²) in [6.07, 6.45) is 4.03. The van der Waals surface area contributed by atoms with Crippen molar-refractivity contribution < 1.29 is 24.1 Å². The van der Waals surface area contributed by atoms with Crippen LogP contribution in [0.2, 0.25) is 0 Å². The van der Waals surface area contributed by atoms with Crippen LogP contribution >= 0.6 is 0 Å². The SMILES string of the molecule is COc1ccccc1N1CCN(C2C3OCC(O3)C(NC(=O)NC3CCCCC3)C2O)CC1. The van der Waals surface area contributed by atoms with Crippen LogP contribution in [0.25, 0.3) is 0 Å². The van der Waals surface area contributed by atoms with E-state index >= 15 is 0 Å². The van der Waals surface area contributed by atoms with E-state index < -0.39 is 18.4 Å². The second kappa shape index (κ2) is 10.0. The number of ether oxygens (including phenoxy) is 3. The van der Waals surface area contributed by atoms with E-state index in [-0.39, 0.29) is 24.2 Å². The monoisotopic (exact) mass is 460 g/mol. The highest BCUT2D eigenvalue weighted by molar-refractivity contribution is 5.74. The number of piperazine rings is 1. The van der Waals surface area contributed by atoms with Crippen LogP contribution in [0.1, 0.15) is 32.1 Å². The standard InChI is InChI=1S/C24H36N4O5/c1-31-18-10-6-5-9-17(18)27-11-13-28(14-12-27)21-22(29)20(19-15-32-23(21)33-19)26-24(30)25-16-7-3-2-4-8-16/h5-6,9-10,16,19-23,29H,2-4,7-8,11-15H2,1H3,(H2,25,26,30). The first-order valence-electron chi connectivity index (χ1n) is 12.3. The molecule has 5 unspecified atom stereocenters. The van der Waals surface area contributed by atoms with E-state index in [1.54, 1.807) is 7.11 Å². The van der Waals surface area contributed by atoms with Gasteiger partial charge in [0.15, 0.2) is 6.29 Å².